The number of allylic oxidation sites excluding steroid dienone is 1. The predicted octanol–water partition coefficient (Wildman–Crippen LogP) is 3.91. The van der Waals surface area contributed by atoms with Gasteiger partial charge in [0.1, 0.15) is 16.4 Å². The number of aromatic nitrogens is 3. The van der Waals surface area contributed by atoms with E-state index in [-0.39, 0.29) is 5.82 Å². The van der Waals surface area contributed by atoms with Crippen LogP contribution >= 0.6 is 11.8 Å². The number of halogens is 1. The van der Waals surface area contributed by atoms with Crippen LogP contribution in [-0.4, -0.2) is 14.8 Å². The van der Waals surface area contributed by atoms with Crippen molar-refractivity contribution in [3.63, 3.8) is 0 Å². The molecule has 0 bridgehead atoms. The lowest BCUT2D eigenvalue weighted by Crippen LogP contribution is -1.96. The summed E-state index contributed by atoms with van der Waals surface area (Å²) < 4.78 is 14.7. The maximum atomic E-state index is 12.9. The second-order valence-corrected chi connectivity index (χ2v) is 5.32. The molecule has 0 N–H and O–H groups in total. The third-order valence-corrected chi connectivity index (χ3v) is 3.76. The molecule has 3 aromatic rings. The van der Waals surface area contributed by atoms with E-state index < -0.39 is 0 Å². The van der Waals surface area contributed by atoms with Crippen molar-refractivity contribution in [3.05, 3.63) is 61.1 Å². The number of hydrogen-bond donors (Lipinski definition) is 0. The van der Waals surface area contributed by atoms with Gasteiger partial charge in [0.25, 0.3) is 0 Å². The molecule has 100 valence electrons. The van der Waals surface area contributed by atoms with Gasteiger partial charge in [-0.1, -0.05) is 17.8 Å². The minimum atomic E-state index is -0.233. The fourth-order valence-electron chi connectivity index (χ4n) is 1.90. The molecule has 0 fully saturated rings. The quantitative estimate of drug-likeness (QED) is 0.681. The SMILES string of the molecule is C=CCn1ncc2nc(Sc3ccc(F)cc3)ccc21. The monoisotopic (exact) mass is 285 g/mol. The van der Waals surface area contributed by atoms with Gasteiger partial charge in [-0.3, -0.25) is 4.68 Å². The lowest BCUT2D eigenvalue weighted by molar-refractivity contribution is 0.626. The first kappa shape index (κ1) is 12.9. The summed E-state index contributed by atoms with van der Waals surface area (Å²) in [6.07, 6.45) is 3.54. The zero-order valence-corrected chi connectivity index (χ0v) is 11.5. The van der Waals surface area contributed by atoms with Crippen molar-refractivity contribution in [2.75, 3.05) is 0 Å². The van der Waals surface area contributed by atoms with Crippen molar-refractivity contribution in [2.24, 2.45) is 0 Å². The maximum absolute atomic E-state index is 12.9. The van der Waals surface area contributed by atoms with Crippen LogP contribution < -0.4 is 0 Å². The molecule has 0 aliphatic rings. The van der Waals surface area contributed by atoms with Crippen molar-refractivity contribution in [2.45, 2.75) is 16.5 Å². The molecule has 0 unspecified atom stereocenters. The van der Waals surface area contributed by atoms with Gasteiger partial charge in [0, 0.05) is 4.90 Å². The highest BCUT2D eigenvalue weighted by atomic mass is 32.2. The van der Waals surface area contributed by atoms with Crippen molar-refractivity contribution in [3.8, 4) is 0 Å². The van der Waals surface area contributed by atoms with Crippen molar-refractivity contribution in [1.29, 1.82) is 0 Å². The summed E-state index contributed by atoms with van der Waals surface area (Å²) >= 11 is 1.50. The van der Waals surface area contributed by atoms with Crippen molar-refractivity contribution in [1.82, 2.24) is 14.8 Å². The highest BCUT2D eigenvalue weighted by Crippen LogP contribution is 2.27. The third kappa shape index (κ3) is 2.58. The van der Waals surface area contributed by atoms with Crippen molar-refractivity contribution < 1.29 is 4.39 Å². The number of benzene rings is 1. The van der Waals surface area contributed by atoms with E-state index in [4.69, 9.17) is 0 Å². The number of pyridine rings is 1. The Bertz CT molecular complexity index is 749. The molecule has 3 rings (SSSR count). The summed E-state index contributed by atoms with van der Waals surface area (Å²) in [7, 11) is 0. The van der Waals surface area contributed by atoms with Gasteiger partial charge in [-0.05, 0) is 36.4 Å². The summed E-state index contributed by atoms with van der Waals surface area (Å²) in [6.45, 7) is 4.37. The van der Waals surface area contributed by atoms with Crippen LogP contribution in [0.5, 0.6) is 0 Å². The average molecular weight is 285 g/mol. The molecule has 5 heteroatoms. The van der Waals surface area contributed by atoms with Gasteiger partial charge in [-0.25, -0.2) is 9.37 Å². The Labute approximate surface area is 120 Å². The van der Waals surface area contributed by atoms with E-state index in [9.17, 15) is 4.39 Å². The number of rotatable bonds is 4. The molecular weight excluding hydrogens is 273 g/mol. The van der Waals surface area contributed by atoms with E-state index in [0.717, 1.165) is 21.0 Å². The summed E-state index contributed by atoms with van der Waals surface area (Å²) in [5.74, 6) is -0.233. The fraction of sp³-hybridized carbons (Fsp3) is 0.0667. The van der Waals surface area contributed by atoms with Gasteiger partial charge in [0.15, 0.2) is 0 Å². The van der Waals surface area contributed by atoms with E-state index in [1.807, 2.05) is 16.8 Å². The smallest absolute Gasteiger partial charge is 0.123 e. The van der Waals surface area contributed by atoms with Crippen molar-refractivity contribution >= 4 is 22.8 Å². The molecule has 20 heavy (non-hydrogen) atoms. The maximum Gasteiger partial charge on any atom is 0.123 e. The number of hydrogen-bond acceptors (Lipinski definition) is 3. The van der Waals surface area contributed by atoms with Gasteiger partial charge in [0.2, 0.25) is 0 Å². The molecule has 1 aromatic carbocycles. The van der Waals surface area contributed by atoms with E-state index in [0.29, 0.717) is 6.54 Å². The van der Waals surface area contributed by atoms with Crippen LogP contribution in [0.15, 0.2) is 65.2 Å². The third-order valence-electron chi connectivity index (χ3n) is 2.81. The Morgan fingerprint density at radius 1 is 1.20 bits per heavy atom. The molecule has 2 aromatic heterocycles. The molecular formula is C15H12FN3S. The predicted molar refractivity (Wildman–Crippen MR) is 78.2 cm³/mol. The summed E-state index contributed by atoms with van der Waals surface area (Å²) in [5, 5.41) is 5.13. The summed E-state index contributed by atoms with van der Waals surface area (Å²) in [4.78, 5) is 5.50. The second-order valence-electron chi connectivity index (χ2n) is 4.23. The largest absolute Gasteiger partial charge is 0.259 e. The fourth-order valence-corrected chi connectivity index (χ4v) is 2.69. The lowest BCUT2D eigenvalue weighted by Gasteiger charge is -2.02. The van der Waals surface area contributed by atoms with Gasteiger partial charge in [0.05, 0.1) is 18.3 Å². The molecule has 0 aliphatic carbocycles. The highest BCUT2D eigenvalue weighted by molar-refractivity contribution is 7.99. The molecule has 0 saturated heterocycles. The number of fused-ring (bicyclic) bond motifs is 1. The molecule has 0 radical (unpaired) electrons. The molecule has 0 saturated carbocycles. The van der Waals surface area contributed by atoms with Crippen LogP contribution in [0.1, 0.15) is 0 Å². The molecule has 0 atom stereocenters. The second kappa shape index (κ2) is 5.46. The van der Waals surface area contributed by atoms with Crippen LogP contribution in [0.25, 0.3) is 11.0 Å². The normalized spacial score (nSPS) is 10.8. The van der Waals surface area contributed by atoms with E-state index >= 15 is 0 Å². The Balaban J connectivity index is 1.89. The molecule has 0 aliphatic heterocycles. The molecule has 3 nitrogen and oxygen atoms in total. The average Bonchev–Trinajstić information content (AvgIpc) is 2.85. The van der Waals surface area contributed by atoms with Crippen LogP contribution in [0.2, 0.25) is 0 Å². The van der Waals surface area contributed by atoms with Gasteiger partial charge >= 0.3 is 0 Å². The molecule has 2 heterocycles. The first-order valence-corrected chi connectivity index (χ1v) is 6.95. The van der Waals surface area contributed by atoms with Crippen LogP contribution in [0, 0.1) is 5.82 Å². The molecule has 0 spiro atoms. The summed E-state index contributed by atoms with van der Waals surface area (Å²) in [5.41, 5.74) is 1.83. The Hall–Kier alpha value is -2.14. The van der Waals surface area contributed by atoms with Gasteiger partial charge in [-0.15, -0.1) is 6.58 Å². The zero-order valence-electron chi connectivity index (χ0n) is 10.7. The summed E-state index contributed by atoms with van der Waals surface area (Å²) in [6, 6.07) is 10.3. The van der Waals surface area contributed by atoms with Gasteiger partial charge < -0.3 is 0 Å². The topological polar surface area (TPSA) is 30.7 Å². The Kier molecular flexibility index (Phi) is 3.52. The van der Waals surface area contributed by atoms with E-state index in [2.05, 4.69) is 16.7 Å². The first-order chi connectivity index (χ1) is 9.76. The minimum absolute atomic E-state index is 0.233. The van der Waals surface area contributed by atoms with Crippen LogP contribution in [0.3, 0.4) is 0 Å². The number of nitrogens with zero attached hydrogens (tertiary/aromatic N) is 3. The van der Waals surface area contributed by atoms with Gasteiger partial charge in [-0.2, -0.15) is 5.10 Å². The Morgan fingerprint density at radius 3 is 2.75 bits per heavy atom. The zero-order chi connectivity index (χ0) is 13.9. The van der Waals surface area contributed by atoms with E-state index in [1.165, 1.54) is 23.9 Å². The van der Waals surface area contributed by atoms with Crippen LogP contribution in [0.4, 0.5) is 4.39 Å². The Morgan fingerprint density at radius 2 is 2.00 bits per heavy atom. The highest BCUT2D eigenvalue weighted by Gasteiger charge is 2.05. The lowest BCUT2D eigenvalue weighted by atomic mass is 10.3. The van der Waals surface area contributed by atoms with E-state index in [1.54, 1.807) is 24.4 Å². The first-order valence-electron chi connectivity index (χ1n) is 6.13. The molecule has 0 amide bonds. The minimum Gasteiger partial charge on any atom is -0.259 e. The standard InChI is InChI=1S/C15H12FN3S/c1-2-9-19-14-7-8-15(18-13(14)10-17-19)20-12-5-3-11(16)4-6-12/h2-8,10H,1,9H2. The van der Waals surface area contributed by atoms with Crippen LogP contribution in [-0.2, 0) is 6.54 Å².